The number of thioether (sulfide) groups is 1. The summed E-state index contributed by atoms with van der Waals surface area (Å²) in [6.07, 6.45) is 0. The number of imide groups is 1. The van der Waals surface area contributed by atoms with Crippen molar-refractivity contribution < 1.29 is 32.3 Å². The first-order valence-corrected chi connectivity index (χ1v) is 17.2. The molecular weight excluding hydrogens is 653 g/mol. The maximum absolute atomic E-state index is 14.0. The number of anilines is 2. The molecule has 6 rings (SSSR count). The van der Waals surface area contributed by atoms with E-state index in [1.165, 1.54) is 53.1 Å². The molecule has 15 heteroatoms. The first kappa shape index (κ1) is 31.4. The lowest BCUT2D eigenvalue weighted by Crippen LogP contribution is -2.33. The predicted octanol–water partition coefficient (Wildman–Crippen LogP) is 3.17. The number of primary sulfonamides is 1. The van der Waals surface area contributed by atoms with E-state index in [-0.39, 0.29) is 23.6 Å². The molecule has 1 fully saturated rings. The van der Waals surface area contributed by atoms with E-state index in [0.717, 1.165) is 33.6 Å². The van der Waals surface area contributed by atoms with Crippen molar-refractivity contribution in [3.8, 4) is 0 Å². The topological polar surface area (TPSA) is 175 Å². The summed E-state index contributed by atoms with van der Waals surface area (Å²) in [4.78, 5) is 67.6. The van der Waals surface area contributed by atoms with Gasteiger partial charge in [0.1, 0.15) is 11.8 Å². The molecule has 0 spiro atoms. The van der Waals surface area contributed by atoms with Gasteiger partial charge < -0.3 is 10.1 Å². The summed E-state index contributed by atoms with van der Waals surface area (Å²) >= 11 is 2.00. The smallest absolute Gasteiger partial charge is 0.338 e. The van der Waals surface area contributed by atoms with Gasteiger partial charge in [-0.2, -0.15) is 0 Å². The number of thiazole rings is 1. The fraction of sp³-hybridized carbons (Fsp3) is 0.194. The van der Waals surface area contributed by atoms with Gasteiger partial charge in [0.05, 0.1) is 33.7 Å². The minimum Gasteiger partial charge on any atom is -0.462 e. The van der Waals surface area contributed by atoms with E-state index in [2.05, 4.69) is 5.32 Å². The van der Waals surface area contributed by atoms with Gasteiger partial charge in [-0.15, -0.1) is 0 Å². The highest BCUT2D eigenvalue weighted by molar-refractivity contribution is 8.00. The van der Waals surface area contributed by atoms with E-state index in [9.17, 15) is 32.4 Å². The second kappa shape index (κ2) is 12.3. The molecule has 3 heterocycles. The summed E-state index contributed by atoms with van der Waals surface area (Å²) in [5.74, 6) is -3.43. The Labute approximate surface area is 271 Å². The van der Waals surface area contributed by atoms with E-state index in [1.54, 1.807) is 6.92 Å². The van der Waals surface area contributed by atoms with Gasteiger partial charge in [-0.1, -0.05) is 53.4 Å². The van der Waals surface area contributed by atoms with Crippen LogP contribution in [0, 0.1) is 5.92 Å². The number of nitrogens with two attached hydrogens (primary N) is 1. The largest absolute Gasteiger partial charge is 0.462 e. The number of hydrogen-bond donors (Lipinski definition) is 2. The SMILES string of the molecule is CCOC(=O)c1ccc(N2C(=O)[C@@H]3[C@H](c4ccccc4)c4sc(=O)n(CC(=O)Nc5ccc(S(N)(=O)=O)cc5)c4S[C@@H]3C2=O)cc1. The molecule has 3 amide bonds. The van der Waals surface area contributed by atoms with Crippen molar-refractivity contribution in [1.82, 2.24) is 4.57 Å². The van der Waals surface area contributed by atoms with Crippen molar-refractivity contribution in [1.29, 1.82) is 0 Å². The molecule has 4 aromatic rings. The van der Waals surface area contributed by atoms with Crippen LogP contribution in [-0.2, 0) is 35.7 Å². The lowest BCUT2D eigenvalue weighted by atomic mass is 9.83. The quantitative estimate of drug-likeness (QED) is 0.210. The molecule has 0 unspecified atom stereocenters. The minimum atomic E-state index is -3.91. The Morgan fingerprint density at radius 1 is 0.935 bits per heavy atom. The standard InChI is InChI=1S/C31H26N4O8S3/c1-2-43-30(39)18-8-12-20(13-9-18)35-27(37)24-23(17-6-4-3-5-7-17)26-29(44-25(24)28(35)38)34(31(40)45-26)16-22(36)33-19-10-14-21(15-11-19)46(32,41)42/h3-15,23-25H,2,16H2,1H3,(H,33,36)(H2,32,41,42)/t23-,24+,25-/m0/s1. The van der Waals surface area contributed by atoms with E-state index in [0.29, 0.717) is 21.3 Å². The van der Waals surface area contributed by atoms with Crippen molar-refractivity contribution in [2.45, 2.75) is 34.6 Å². The first-order chi connectivity index (χ1) is 22.0. The lowest BCUT2D eigenvalue weighted by molar-refractivity contribution is -0.122. The molecule has 0 bridgehead atoms. The third-order valence-electron chi connectivity index (χ3n) is 7.61. The maximum Gasteiger partial charge on any atom is 0.338 e. The summed E-state index contributed by atoms with van der Waals surface area (Å²) in [5.41, 5.74) is 1.63. The summed E-state index contributed by atoms with van der Waals surface area (Å²) in [6, 6.07) is 20.4. The number of hydrogen-bond acceptors (Lipinski definition) is 10. The third kappa shape index (κ3) is 5.77. The Morgan fingerprint density at radius 2 is 1.61 bits per heavy atom. The van der Waals surface area contributed by atoms with Gasteiger partial charge in [0.15, 0.2) is 0 Å². The van der Waals surface area contributed by atoms with Crippen LogP contribution < -0.4 is 20.2 Å². The first-order valence-electron chi connectivity index (χ1n) is 14.0. The summed E-state index contributed by atoms with van der Waals surface area (Å²) in [5, 5.41) is 7.32. The zero-order valence-electron chi connectivity index (χ0n) is 24.1. The maximum atomic E-state index is 14.0. The molecule has 236 valence electrons. The number of fused-ring (bicyclic) bond motifs is 2. The van der Waals surface area contributed by atoms with Crippen LogP contribution in [0.1, 0.15) is 33.6 Å². The molecule has 3 atom stereocenters. The number of benzene rings is 3. The fourth-order valence-electron chi connectivity index (χ4n) is 5.56. The number of nitrogens with one attached hydrogen (secondary N) is 1. The number of aromatic nitrogens is 1. The van der Waals surface area contributed by atoms with Crippen molar-refractivity contribution in [2.75, 3.05) is 16.8 Å². The van der Waals surface area contributed by atoms with Gasteiger partial charge >= 0.3 is 10.8 Å². The normalized spacial score (nSPS) is 19.0. The molecule has 3 aromatic carbocycles. The molecule has 3 N–H and O–H groups in total. The Balaban J connectivity index is 1.32. The number of carbonyl (C=O) groups excluding carboxylic acids is 4. The van der Waals surface area contributed by atoms with Crippen molar-refractivity contribution in [3.63, 3.8) is 0 Å². The molecule has 46 heavy (non-hydrogen) atoms. The van der Waals surface area contributed by atoms with Crippen LogP contribution in [0.3, 0.4) is 0 Å². The Morgan fingerprint density at radius 3 is 2.24 bits per heavy atom. The lowest BCUT2D eigenvalue weighted by Gasteiger charge is -2.30. The fourth-order valence-corrected chi connectivity index (χ4v) is 8.85. The second-order valence-corrected chi connectivity index (χ2v) is 14.2. The van der Waals surface area contributed by atoms with E-state index < -0.39 is 55.7 Å². The van der Waals surface area contributed by atoms with Gasteiger partial charge in [-0.25, -0.2) is 23.3 Å². The highest BCUT2D eigenvalue weighted by Crippen LogP contribution is 2.53. The van der Waals surface area contributed by atoms with Gasteiger partial charge in [0.2, 0.25) is 27.7 Å². The molecule has 1 aromatic heterocycles. The summed E-state index contributed by atoms with van der Waals surface area (Å²) in [7, 11) is -3.91. The Kier molecular flexibility index (Phi) is 8.41. The average Bonchev–Trinajstić information content (AvgIpc) is 3.47. The van der Waals surface area contributed by atoms with Gasteiger partial charge in [-0.05, 0) is 61.0 Å². The summed E-state index contributed by atoms with van der Waals surface area (Å²) < 4.78 is 29.4. The number of esters is 1. The van der Waals surface area contributed by atoms with E-state index >= 15 is 0 Å². The van der Waals surface area contributed by atoms with E-state index in [4.69, 9.17) is 9.88 Å². The molecule has 2 aliphatic heterocycles. The summed E-state index contributed by atoms with van der Waals surface area (Å²) in [6.45, 7) is 1.52. The van der Waals surface area contributed by atoms with E-state index in [1.807, 2.05) is 30.3 Å². The van der Waals surface area contributed by atoms with Crippen LogP contribution in [0.2, 0.25) is 0 Å². The highest BCUT2D eigenvalue weighted by atomic mass is 32.2. The molecular formula is C31H26N4O8S3. The molecule has 1 saturated heterocycles. The number of nitrogens with zero attached hydrogens (tertiary/aromatic N) is 2. The predicted molar refractivity (Wildman–Crippen MR) is 171 cm³/mol. The Bertz CT molecular complexity index is 2020. The van der Waals surface area contributed by atoms with Crippen LogP contribution in [0.25, 0.3) is 0 Å². The number of carbonyl (C=O) groups is 4. The molecule has 12 nitrogen and oxygen atoms in total. The van der Waals surface area contributed by atoms with Gasteiger partial charge in [0.25, 0.3) is 0 Å². The third-order valence-corrected chi connectivity index (χ3v) is 11.1. The van der Waals surface area contributed by atoms with Crippen LogP contribution in [0.15, 0.2) is 93.6 Å². The van der Waals surface area contributed by atoms with Crippen LogP contribution in [-0.4, -0.2) is 48.5 Å². The molecule has 0 saturated carbocycles. The Hall–Kier alpha value is -4.57. The van der Waals surface area contributed by atoms with Crippen LogP contribution >= 0.6 is 23.1 Å². The van der Waals surface area contributed by atoms with Crippen molar-refractivity contribution in [3.05, 3.63) is 105 Å². The van der Waals surface area contributed by atoms with Crippen LogP contribution in [0.5, 0.6) is 0 Å². The minimum absolute atomic E-state index is 0.119. The van der Waals surface area contributed by atoms with Crippen molar-refractivity contribution in [2.24, 2.45) is 11.1 Å². The zero-order valence-corrected chi connectivity index (χ0v) is 26.6. The van der Waals surface area contributed by atoms with Crippen molar-refractivity contribution >= 4 is 68.2 Å². The zero-order chi connectivity index (χ0) is 32.7. The number of sulfonamides is 1. The molecule has 0 aliphatic carbocycles. The second-order valence-electron chi connectivity index (χ2n) is 10.5. The highest BCUT2D eigenvalue weighted by Gasteiger charge is 2.56. The van der Waals surface area contributed by atoms with Gasteiger partial charge in [-0.3, -0.25) is 23.7 Å². The molecule has 2 aliphatic rings. The number of ether oxygens (including phenoxy) is 1. The monoisotopic (exact) mass is 678 g/mol. The van der Waals surface area contributed by atoms with Gasteiger partial charge in [0, 0.05) is 16.5 Å². The number of rotatable bonds is 8. The average molecular weight is 679 g/mol. The number of amides is 3. The molecule has 0 radical (unpaired) electrons. The van der Waals surface area contributed by atoms with Crippen LogP contribution in [0.4, 0.5) is 11.4 Å².